The second kappa shape index (κ2) is 10.7. The van der Waals surface area contributed by atoms with E-state index in [1.807, 2.05) is 6.92 Å². The quantitative estimate of drug-likeness (QED) is 0.600. The number of sulfonamides is 1. The lowest BCUT2D eigenvalue weighted by atomic mass is 10.0. The molecule has 3 rings (SSSR count). The summed E-state index contributed by atoms with van der Waals surface area (Å²) in [5, 5.41) is 17.8. The van der Waals surface area contributed by atoms with Crippen molar-refractivity contribution in [2.75, 3.05) is 26.7 Å². The predicted molar refractivity (Wildman–Crippen MR) is 118 cm³/mol. The molecule has 1 aliphatic heterocycles. The average Bonchev–Trinajstić information content (AvgIpc) is 3.42. The summed E-state index contributed by atoms with van der Waals surface area (Å²) < 4.78 is 36.6. The number of aliphatic hydroxyl groups excluding tert-OH is 1. The number of aliphatic hydroxyl groups is 1. The lowest BCUT2D eigenvalue weighted by Gasteiger charge is -2.34. The molecule has 1 amide bonds. The van der Waals surface area contributed by atoms with Crippen LogP contribution >= 0.6 is 0 Å². The fourth-order valence-electron chi connectivity index (χ4n) is 3.73. The van der Waals surface area contributed by atoms with E-state index in [-0.39, 0.29) is 42.7 Å². The monoisotopic (exact) mass is 483 g/mol. The minimum absolute atomic E-state index is 0.0431. The summed E-state index contributed by atoms with van der Waals surface area (Å²) in [4.78, 5) is 18.5. The molecule has 2 aromatic rings. The number of imidazole rings is 1. The maximum Gasteiger partial charge on any atom is 0.261 e. The number of carbonyl (C=O) groups is 1. The normalized spacial score (nSPS) is 22.0. The molecule has 3 heterocycles. The molecule has 0 aliphatic carbocycles. The van der Waals surface area contributed by atoms with Crippen LogP contribution in [0.3, 0.4) is 0 Å². The molecule has 0 saturated heterocycles. The van der Waals surface area contributed by atoms with Crippen molar-refractivity contribution in [3.05, 3.63) is 24.4 Å². The van der Waals surface area contributed by atoms with Gasteiger partial charge in [-0.15, -0.1) is 5.10 Å². The second-order valence-electron chi connectivity index (χ2n) is 8.64. The zero-order valence-electron chi connectivity index (χ0n) is 19.5. The summed E-state index contributed by atoms with van der Waals surface area (Å²) in [6.07, 6.45) is 5.02. The van der Waals surface area contributed by atoms with E-state index in [2.05, 4.69) is 15.3 Å². The molecule has 33 heavy (non-hydrogen) atoms. The largest absolute Gasteiger partial charge is 0.394 e. The highest BCUT2D eigenvalue weighted by Gasteiger charge is 2.31. The number of hydrogen-bond acceptors (Lipinski definition) is 8. The van der Waals surface area contributed by atoms with Gasteiger partial charge in [0, 0.05) is 52.3 Å². The highest BCUT2D eigenvalue weighted by atomic mass is 32.2. The fourth-order valence-corrected chi connectivity index (χ4v) is 4.87. The zero-order chi connectivity index (χ0) is 24.2. The van der Waals surface area contributed by atoms with Crippen LogP contribution in [0.5, 0.6) is 0 Å². The first-order valence-electron chi connectivity index (χ1n) is 11.0. The number of hydrogen-bond donors (Lipinski definition) is 1. The number of aromatic nitrogens is 5. The molecule has 0 radical (unpaired) electrons. The molecule has 13 heteroatoms. The van der Waals surface area contributed by atoms with Gasteiger partial charge in [0.1, 0.15) is 5.69 Å². The van der Waals surface area contributed by atoms with Crippen LogP contribution in [-0.4, -0.2) is 92.1 Å². The Morgan fingerprint density at radius 1 is 1.36 bits per heavy atom. The second-order valence-corrected chi connectivity index (χ2v) is 10.6. The number of rotatable bonds is 6. The van der Waals surface area contributed by atoms with E-state index in [4.69, 9.17) is 4.74 Å². The lowest BCUT2D eigenvalue weighted by Crippen LogP contribution is -2.47. The van der Waals surface area contributed by atoms with Crippen LogP contribution < -0.4 is 0 Å². The Morgan fingerprint density at radius 2 is 2.12 bits per heavy atom. The van der Waals surface area contributed by atoms with Crippen molar-refractivity contribution in [1.29, 1.82) is 0 Å². The van der Waals surface area contributed by atoms with E-state index in [9.17, 15) is 18.3 Å². The zero-order valence-corrected chi connectivity index (χ0v) is 20.3. The molecule has 3 atom stereocenters. The summed E-state index contributed by atoms with van der Waals surface area (Å²) in [7, 11) is -0.632. The van der Waals surface area contributed by atoms with Gasteiger partial charge in [0.15, 0.2) is 5.03 Å². The topological polar surface area (TPSA) is 136 Å². The van der Waals surface area contributed by atoms with Crippen LogP contribution in [0.15, 0.2) is 23.7 Å². The summed E-state index contributed by atoms with van der Waals surface area (Å²) in [6.45, 7) is 4.63. The van der Waals surface area contributed by atoms with Crippen molar-refractivity contribution < 1.29 is 23.1 Å². The molecule has 184 valence electrons. The van der Waals surface area contributed by atoms with Crippen LogP contribution in [0.4, 0.5) is 0 Å². The van der Waals surface area contributed by atoms with Gasteiger partial charge < -0.3 is 19.3 Å². The number of amides is 1. The van der Waals surface area contributed by atoms with E-state index in [1.54, 1.807) is 34.3 Å². The van der Waals surface area contributed by atoms with Crippen molar-refractivity contribution in [2.45, 2.75) is 57.0 Å². The molecule has 0 spiro atoms. The van der Waals surface area contributed by atoms with Crippen LogP contribution in [0.1, 0.15) is 32.4 Å². The molecule has 0 unspecified atom stereocenters. The van der Waals surface area contributed by atoms with Crippen molar-refractivity contribution in [1.82, 2.24) is 33.8 Å². The summed E-state index contributed by atoms with van der Waals surface area (Å²) in [5.74, 6) is -0.295. The van der Waals surface area contributed by atoms with Crippen LogP contribution in [0.25, 0.3) is 0 Å². The molecule has 0 aromatic carbocycles. The minimum Gasteiger partial charge on any atom is -0.394 e. The van der Waals surface area contributed by atoms with E-state index in [0.717, 1.165) is 0 Å². The Hall–Kier alpha value is -2.35. The molecule has 0 saturated carbocycles. The first-order valence-corrected chi connectivity index (χ1v) is 12.4. The maximum atomic E-state index is 13.0. The molecular formula is C20H33N7O5S. The highest BCUT2D eigenvalue weighted by molar-refractivity contribution is 7.89. The summed E-state index contributed by atoms with van der Waals surface area (Å²) in [5.41, 5.74) is 0.633. The molecule has 12 nitrogen and oxygen atoms in total. The maximum absolute atomic E-state index is 13.0. The van der Waals surface area contributed by atoms with Gasteiger partial charge in [-0.3, -0.25) is 9.48 Å². The third kappa shape index (κ3) is 6.16. The average molecular weight is 484 g/mol. The van der Waals surface area contributed by atoms with Gasteiger partial charge in [-0.05, 0) is 13.3 Å². The minimum atomic E-state index is -3.82. The Kier molecular flexibility index (Phi) is 8.21. The number of aryl methyl sites for hydroxylation is 2. The van der Waals surface area contributed by atoms with Gasteiger partial charge in [0.25, 0.3) is 10.0 Å². The van der Waals surface area contributed by atoms with E-state index < -0.39 is 16.1 Å². The number of nitrogens with zero attached hydrogens (tertiary/aromatic N) is 7. The van der Waals surface area contributed by atoms with Crippen molar-refractivity contribution in [3.8, 4) is 0 Å². The summed E-state index contributed by atoms with van der Waals surface area (Å²) >= 11 is 0. The number of likely N-dealkylation sites (N-methyl/N-ethyl adjacent to an activating group) is 1. The fraction of sp³-hybridized carbons (Fsp3) is 0.700. The standard InChI is InChI=1S/C20H33N7O5S/c1-15-8-27(16(2)12-28)20(29)6-5-7-26-9-17(22-23-26)13-32-18(15)10-25(4)33(30,31)19-11-24(3)14-21-19/h9,11,14-16,18,28H,5-8,10,12-13H2,1-4H3/t15-,16+,18-/m1/s1. The van der Waals surface area contributed by atoms with E-state index >= 15 is 0 Å². The first-order chi connectivity index (χ1) is 15.6. The smallest absolute Gasteiger partial charge is 0.261 e. The van der Waals surface area contributed by atoms with E-state index in [0.29, 0.717) is 31.6 Å². The summed E-state index contributed by atoms with van der Waals surface area (Å²) in [6, 6.07) is -0.363. The third-order valence-corrected chi connectivity index (χ3v) is 7.55. The Morgan fingerprint density at radius 3 is 2.79 bits per heavy atom. The molecule has 2 bridgehead atoms. The molecule has 2 aromatic heterocycles. The van der Waals surface area contributed by atoms with Gasteiger partial charge in [0.2, 0.25) is 5.91 Å². The number of carbonyl (C=O) groups excluding carboxylic acids is 1. The molecular weight excluding hydrogens is 450 g/mol. The molecule has 1 N–H and O–H groups in total. The van der Waals surface area contributed by atoms with Crippen molar-refractivity contribution in [3.63, 3.8) is 0 Å². The van der Waals surface area contributed by atoms with Gasteiger partial charge in [-0.1, -0.05) is 12.1 Å². The Bertz CT molecular complexity index is 1040. The molecule has 1 aliphatic rings. The number of fused-ring (bicyclic) bond motifs is 2. The van der Waals surface area contributed by atoms with Crippen molar-refractivity contribution >= 4 is 15.9 Å². The Labute approximate surface area is 194 Å². The number of ether oxygens (including phenoxy) is 1. The van der Waals surface area contributed by atoms with Gasteiger partial charge >= 0.3 is 0 Å². The van der Waals surface area contributed by atoms with E-state index in [1.165, 1.54) is 23.9 Å². The van der Waals surface area contributed by atoms with Crippen molar-refractivity contribution in [2.24, 2.45) is 13.0 Å². The van der Waals surface area contributed by atoms with Gasteiger partial charge in [0.05, 0.1) is 37.9 Å². The SMILES string of the molecule is C[C@@H]1CN([C@@H](C)CO)C(=O)CCCn2cc(nn2)CO[C@@H]1CN(C)S(=O)(=O)c1cn(C)cn1. The predicted octanol–water partition coefficient (Wildman–Crippen LogP) is -0.143. The highest BCUT2D eigenvalue weighted by Crippen LogP contribution is 2.20. The molecule has 0 fully saturated rings. The first kappa shape index (κ1) is 25.3. The third-order valence-electron chi connectivity index (χ3n) is 5.84. The van der Waals surface area contributed by atoms with Crippen LogP contribution in [0.2, 0.25) is 0 Å². The van der Waals surface area contributed by atoms with Gasteiger partial charge in [-0.2, -0.15) is 4.31 Å². The van der Waals surface area contributed by atoms with Crippen LogP contribution in [-0.2, 0) is 39.8 Å². The lowest BCUT2D eigenvalue weighted by molar-refractivity contribution is -0.136. The van der Waals surface area contributed by atoms with Gasteiger partial charge in [-0.25, -0.2) is 13.4 Å². The van der Waals surface area contributed by atoms with Crippen LogP contribution in [0, 0.1) is 5.92 Å². The Balaban J connectivity index is 1.85.